The maximum atomic E-state index is 9.55. The molecule has 0 bridgehead atoms. The summed E-state index contributed by atoms with van der Waals surface area (Å²) in [6.07, 6.45) is 0.882. The topological polar surface area (TPSA) is 61.7 Å². The molecule has 1 atom stereocenters. The van der Waals surface area contributed by atoms with Crippen LogP contribution in [-0.2, 0) is 6.54 Å². The SMILES string of the molecule is CCOc1cc(CNC(CC)CO)ccc1O. The number of hydrogen-bond acceptors (Lipinski definition) is 4. The van der Waals surface area contributed by atoms with Gasteiger partial charge in [-0.15, -0.1) is 0 Å². The molecule has 4 nitrogen and oxygen atoms in total. The molecular formula is C13H21NO3. The van der Waals surface area contributed by atoms with Crippen LogP contribution in [0, 0.1) is 0 Å². The van der Waals surface area contributed by atoms with Crippen LogP contribution in [0.5, 0.6) is 11.5 Å². The van der Waals surface area contributed by atoms with Crippen LogP contribution in [0.4, 0.5) is 0 Å². The van der Waals surface area contributed by atoms with Gasteiger partial charge in [0, 0.05) is 12.6 Å². The summed E-state index contributed by atoms with van der Waals surface area (Å²) >= 11 is 0. The molecule has 1 aromatic rings. The van der Waals surface area contributed by atoms with Gasteiger partial charge in [-0.1, -0.05) is 13.0 Å². The first-order chi connectivity index (χ1) is 8.21. The van der Waals surface area contributed by atoms with E-state index in [0.29, 0.717) is 18.9 Å². The van der Waals surface area contributed by atoms with Gasteiger partial charge in [-0.25, -0.2) is 0 Å². The molecule has 0 radical (unpaired) electrons. The highest BCUT2D eigenvalue weighted by Crippen LogP contribution is 2.26. The average Bonchev–Trinajstić information content (AvgIpc) is 2.34. The van der Waals surface area contributed by atoms with E-state index in [9.17, 15) is 5.11 Å². The molecule has 3 N–H and O–H groups in total. The fourth-order valence-corrected chi connectivity index (χ4v) is 1.54. The van der Waals surface area contributed by atoms with Gasteiger partial charge in [-0.05, 0) is 31.0 Å². The molecule has 0 heterocycles. The molecule has 0 aliphatic heterocycles. The van der Waals surface area contributed by atoms with Crippen molar-refractivity contribution in [1.29, 1.82) is 0 Å². The zero-order valence-corrected chi connectivity index (χ0v) is 10.4. The van der Waals surface area contributed by atoms with Crippen LogP contribution >= 0.6 is 0 Å². The summed E-state index contributed by atoms with van der Waals surface area (Å²) in [7, 11) is 0. The quantitative estimate of drug-likeness (QED) is 0.677. The van der Waals surface area contributed by atoms with Gasteiger partial charge in [0.15, 0.2) is 11.5 Å². The molecular weight excluding hydrogens is 218 g/mol. The first-order valence-corrected chi connectivity index (χ1v) is 6.00. The molecule has 0 aliphatic rings. The Labute approximate surface area is 102 Å². The van der Waals surface area contributed by atoms with Crippen molar-refractivity contribution in [3.63, 3.8) is 0 Å². The number of aliphatic hydroxyl groups is 1. The van der Waals surface area contributed by atoms with Gasteiger partial charge < -0.3 is 20.3 Å². The first kappa shape index (κ1) is 13.8. The van der Waals surface area contributed by atoms with Crippen molar-refractivity contribution in [3.8, 4) is 11.5 Å². The third kappa shape index (κ3) is 4.24. The average molecular weight is 239 g/mol. The minimum Gasteiger partial charge on any atom is -0.504 e. The Bertz CT molecular complexity index is 337. The summed E-state index contributed by atoms with van der Waals surface area (Å²) in [5.74, 6) is 0.661. The zero-order valence-electron chi connectivity index (χ0n) is 10.4. The van der Waals surface area contributed by atoms with Gasteiger partial charge in [0.1, 0.15) is 0 Å². The standard InChI is InChI=1S/C13H21NO3/c1-3-11(9-15)14-8-10-5-6-12(16)13(7-10)17-4-2/h5-7,11,14-16H,3-4,8-9H2,1-2H3. The number of hydrogen-bond donors (Lipinski definition) is 3. The molecule has 1 aromatic carbocycles. The van der Waals surface area contributed by atoms with E-state index in [1.165, 1.54) is 0 Å². The molecule has 0 aliphatic carbocycles. The van der Waals surface area contributed by atoms with Crippen LogP contribution in [0.25, 0.3) is 0 Å². The monoisotopic (exact) mass is 239 g/mol. The summed E-state index contributed by atoms with van der Waals surface area (Å²) in [4.78, 5) is 0. The largest absolute Gasteiger partial charge is 0.504 e. The number of phenolic OH excluding ortho intramolecular Hbond substituents is 1. The maximum Gasteiger partial charge on any atom is 0.161 e. The van der Waals surface area contributed by atoms with Gasteiger partial charge in [-0.3, -0.25) is 0 Å². The molecule has 0 aromatic heterocycles. The van der Waals surface area contributed by atoms with Crippen molar-refractivity contribution in [2.75, 3.05) is 13.2 Å². The Kier molecular flexibility index (Phi) is 5.80. The summed E-state index contributed by atoms with van der Waals surface area (Å²) < 4.78 is 5.31. The molecule has 0 spiro atoms. The molecule has 17 heavy (non-hydrogen) atoms. The fraction of sp³-hybridized carbons (Fsp3) is 0.538. The maximum absolute atomic E-state index is 9.55. The molecule has 0 fully saturated rings. The van der Waals surface area contributed by atoms with Crippen LogP contribution in [0.3, 0.4) is 0 Å². The summed E-state index contributed by atoms with van der Waals surface area (Å²) in [5.41, 5.74) is 1.03. The van der Waals surface area contributed by atoms with Crippen LogP contribution in [0.1, 0.15) is 25.8 Å². The Hall–Kier alpha value is -1.26. The lowest BCUT2D eigenvalue weighted by Gasteiger charge is -2.14. The van der Waals surface area contributed by atoms with Crippen molar-refractivity contribution in [3.05, 3.63) is 23.8 Å². The fourth-order valence-electron chi connectivity index (χ4n) is 1.54. The molecule has 96 valence electrons. The smallest absolute Gasteiger partial charge is 0.161 e. The van der Waals surface area contributed by atoms with Gasteiger partial charge in [0.25, 0.3) is 0 Å². The Balaban J connectivity index is 2.62. The number of ether oxygens (including phenoxy) is 1. The lowest BCUT2D eigenvalue weighted by Crippen LogP contribution is -2.31. The number of benzene rings is 1. The Morgan fingerprint density at radius 1 is 1.35 bits per heavy atom. The number of aromatic hydroxyl groups is 1. The van der Waals surface area contributed by atoms with Crippen molar-refractivity contribution in [1.82, 2.24) is 5.32 Å². The second-order valence-electron chi connectivity index (χ2n) is 3.90. The highest BCUT2D eigenvalue weighted by molar-refractivity contribution is 5.41. The van der Waals surface area contributed by atoms with E-state index < -0.39 is 0 Å². The van der Waals surface area contributed by atoms with E-state index in [-0.39, 0.29) is 18.4 Å². The van der Waals surface area contributed by atoms with E-state index in [0.717, 1.165) is 12.0 Å². The lowest BCUT2D eigenvalue weighted by atomic mass is 10.1. The number of aliphatic hydroxyl groups excluding tert-OH is 1. The van der Waals surface area contributed by atoms with Gasteiger partial charge in [-0.2, -0.15) is 0 Å². The Morgan fingerprint density at radius 2 is 2.12 bits per heavy atom. The summed E-state index contributed by atoms with van der Waals surface area (Å²) in [6, 6.07) is 5.40. The van der Waals surface area contributed by atoms with Crippen molar-refractivity contribution in [2.45, 2.75) is 32.9 Å². The molecule has 0 amide bonds. The van der Waals surface area contributed by atoms with E-state index in [1.807, 2.05) is 26.0 Å². The first-order valence-electron chi connectivity index (χ1n) is 6.00. The van der Waals surface area contributed by atoms with Crippen LogP contribution < -0.4 is 10.1 Å². The summed E-state index contributed by atoms with van der Waals surface area (Å²) in [5, 5.41) is 21.8. The third-order valence-electron chi connectivity index (χ3n) is 2.63. The van der Waals surface area contributed by atoms with Crippen LogP contribution in [0.2, 0.25) is 0 Å². The molecule has 4 heteroatoms. The second-order valence-corrected chi connectivity index (χ2v) is 3.90. The number of phenols is 1. The molecule has 1 rings (SSSR count). The normalized spacial score (nSPS) is 12.4. The van der Waals surface area contributed by atoms with Gasteiger partial charge in [0.05, 0.1) is 13.2 Å². The van der Waals surface area contributed by atoms with E-state index in [2.05, 4.69) is 5.32 Å². The van der Waals surface area contributed by atoms with Crippen molar-refractivity contribution < 1.29 is 14.9 Å². The van der Waals surface area contributed by atoms with Gasteiger partial charge >= 0.3 is 0 Å². The van der Waals surface area contributed by atoms with E-state index in [1.54, 1.807) is 6.07 Å². The molecule has 0 saturated heterocycles. The van der Waals surface area contributed by atoms with Crippen LogP contribution in [-0.4, -0.2) is 29.5 Å². The second kappa shape index (κ2) is 7.14. The van der Waals surface area contributed by atoms with E-state index in [4.69, 9.17) is 9.84 Å². The van der Waals surface area contributed by atoms with Crippen LogP contribution in [0.15, 0.2) is 18.2 Å². The highest BCUT2D eigenvalue weighted by atomic mass is 16.5. The lowest BCUT2D eigenvalue weighted by molar-refractivity contribution is 0.238. The van der Waals surface area contributed by atoms with Gasteiger partial charge in [0.2, 0.25) is 0 Å². The van der Waals surface area contributed by atoms with Crippen molar-refractivity contribution >= 4 is 0 Å². The minimum atomic E-state index is 0.111. The zero-order chi connectivity index (χ0) is 12.7. The summed E-state index contributed by atoms with van der Waals surface area (Å²) in [6.45, 7) is 5.21. The third-order valence-corrected chi connectivity index (χ3v) is 2.63. The van der Waals surface area contributed by atoms with E-state index >= 15 is 0 Å². The minimum absolute atomic E-state index is 0.111. The predicted molar refractivity (Wildman–Crippen MR) is 67.3 cm³/mol. The number of nitrogens with one attached hydrogen (secondary N) is 1. The van der Waals surface area contributed by atoms with Crippen molar-refractivity contribution in [2.24, 2.45) is 0 Å². The highest BCUT2D eigenvalue weighted by Gasteiger charge is 2.06. The molecule has 1 unspecified atom stereocenters. The predicted octanol–water partition coefficient (Wildman–Crippen LogP) is 1.65. The number of rotatable bonds is 7. The molecule has 0 saturated carbocycles. The Morgan fingerprint density at radius 3 is 2.71 bits per heavy atom.